The SMILES string of the molecule is Cc1ccc(NC(=O)C(=O)N/N=C/c2ccccc2OC(=O)c2ccccc2[N+](=O)[O-])cc1. The third kappa shape index (κ3) is 6.07. The van der Waals surface area contributed by atoms with Crippen molar-refractivity contribution in [3.8, 4) is 5.75 Å². The van der Waals surface area contributed by atoms with Gasteiger partial charge in [-0.05, 0) is 37.3 Å². The topological polar surface area (TPSA) is 140 Å². The average molecular weight is 446 g/mol. The Morgan fingerprint density at radius 2 is 1.61 bits per heavy atom. The van der Waals surface area contributed by atoms with Gasteiger partial charge in [-0.2, -0.15) is 5.10 Å². The van der Waals surface area contributed by atoms with Crippen molar-refractivity contribution in [2.24, 2.45) is 5.10 Å². The predicted octanol–water partition coefficient (Wildman–Crippen LogP) is 3.21. The van der Waals surface area contributed by atoms with Gasteiger partial charge in [-0.1, -0.05) is 42.0 Å². The molecular weight excluding hydrogens is 428 g/mol. The number of nitro benzene ring substituents is 1. The van der Waals surface area contributed by atoms with E-state index in [0.29, 0.717) is 11.3 Å². The number of anilines is 1. The summed E-state index contributed by atoms with van der Waals surface area (Å²) in [6.07, 6.45) is 1.18. The zero-order chi connectivity index (χ0) is 23.8. The number of ether oxygens (including phenoxy) is 1. The van der Waals surface area contributed by atoms with Gasteiger partial charge in [-0.3, -0.25) is 19.7 Å². The van der Waals surface area contributed by atoms with Crippen molar-refractivity contribution in [1.82, 2.24) is 5.43 Å². The van der Waals surface area contributed by atoms with Gasteiger partial charge in [-0.25, -0.2) is 10.2 Å². The van der Waals surface area contributed by atoms with Crippen LogP contribution in [0.5, 0.6) is 5.75 Å². The molecule has 3 aromatic carbocycles. The van der Waals surface area contributed by atoms with Gasteiger partial charge in [0.05, 0.1) is 11.1 Å². The predicted molar refractivity (Wildman–Crippen MR) is 120 cm³/mol. The van der Waals surface area contributed by atoms with E-state index in [-0.39, 0.29) is 17.0 Å². The number of nitrogens with zero attached hydrogens (tertiary/aromatic N) is 2. The Balaban J connectivity index is 1.66. The molecule has 33 heavy (non-hydrogen) atoms. The molecule has 0 aliphatic carbocycles. The van der Waals surface area contributed by atoms with Gasteiger partial charge in [0, 0.05) is 17.3 Å². The van der Waals surface area contributed by atoms with Crippen LogP contribution in [0.2, 0.25) is 0 Å². The molecule has 0 saturated heterocycles. The minimum atomic E-state index is -0.999. The van der Waals surface area contributed by atoms with Crippen molar-refractivity contribution in [3.05, 3.63) is 99.6 Å². The Kier molecular flexibility index (Phi) is 7.22. The molecule has 3 aromatic rings. The number of amides is 2. The number of benzene rings is 3. The van der Waals surface area contributed by atoms with Crippen molar-refractivity contribution in [3.63, 3.8) is 0 Å². The molecule has 0 fully saturated rings. The standard InChI is InChI=1S/C23H18N4O6/c1-15-10-12-17(13-11-15)25-21(28)22(29)26-24-14-16-6-2-5-9-20(16)33-23(30)18-7-3-4-8-19(18)27(31)32/h2-14H,1H3,(H,25,28)(H,26,29)/b24-14+. The number of rotatable bonds is 6. The fourth-order valence-corrected chi connectivity index (χ4v) is 2.68. The molecule has 2 amide bonds. The molecule has 0 aromatic heterocycles. The summed E-state index contributed by atoms with van der Waals surface area (Å²) in [6, 6.07) is 18.5. The third-order valence-electron chi connectivity index (χ3n) is 4.33. The van der Waals surface area contributed by atoms with E-state index in [2.05, 4.69) is 15.8 Å². The van der Waals surface area contributed by atoms with Crippen LogP contribution >= 0.6 is 0 Å². The summed E-state index contributed by atoms with van der Waals surface area (Å²) >= 11 is 0. The van der Waals surface area contributed by atoms with E-state index in [1.165, 1.54) is 36.5 Å². The Labute approximate surface area is 188 Å². The number of hydrogen-bond donors (Lipinski definition) is 2. The van der Waals surface area contributed by atoms with Crippen LogP contribution in [0.1, 0.15) is 21.5 Å². The molecule has 0 heterocycles. The van der Waals surface area contributed by atoms with E-state index in [9.17, 15) is 24.5 Å². The Morgan fingerprint density at radius 1 is 0.939 bits per heavy atom. The number of esters is 1. The Hall–Kier alpha value is -4.86. The highest BCUT2D eigenvalue weighted by atomic mass is 16.6. The zero-order valence-corrected chi connectivity index (χ0v) is 17.3. The van der Waals surface area contributed by atoms with Crippen LogP contribution in [0.4, 0.5) is 11.4 Å². The number of carbonyl (C=O) groups is 3. The molecular formula is C23H18N4O6. The van der Waals surface area contributed by atoms with Crippen LogP contribution in [-0.2, 0) is 9.59 Å². The van der Waals surface area contributed by atoms with E-state index in [0.717, 1.165) is 5.56 Å². The number of nitrogens with one attached hydrogen (secondary N) is 2. The molecule has 10 nitrogen and oxygen atoms in total. The summed E-state index contributed by atoms with van der Waals surface area (Å²) in [4.78, 5) is 46.9. The third-order valence-corrected chi connectivity index (χ3v) is 4.33. The summed E-state index contributed by atoms with van der Waals surface area (Å²) in [7, 11) is 0. The van der Waals surface area contributed by atoms with Gasteiger partial charge in [0.2, 0.25) is 0 Å². The Morgan fingerprint density at radius 3 is 2.33 bits per heavy atom. The van der Waals surface area contributed by atoms with Crippen LogP contribution in [-0.4, -0.2) is 28.9 Å². The van der Waals surface area contributed by atoms with Gasteiger partial charge in [-0.15, -0.1) is 0 Å². The molecule has 0 spiro atoms. The maximum absolute atomic E-state index is 12.5. The van der Waals surface area contributed by atoms with Crippen molar-refractivity contribution in [2.75, 3.05) is 5.32 Å². The van der Waals surface area contributed by atoms with Crippen LogP contribution in [0.25, 0.3) is 0 Å². The maximum Gasteiger partial charge on any atom is 0.350 e. The molecule has 3 rings (SSSR count). The lowest BCUT2D eigenvalue weighted by atomic mass is 10.2. The molecule has 0 bridgehead atoms. The minimum Gasteiger partial charge on any atom is -0.422 e. The zero-order valence-electron chi connectivity index (χ0n) is 17.3. The summed E-state index contributed by atoms with van der Waals surface area (Å²) < 4.78 is 5.29. The number of carbonyl (C=O) groups excluding carboxylic acids is 3. The number of para-hydroxylation sites is 2. The molecule has 166 valence electrons. The smallest absolute Gasteiger partial charge is 0.350 e. The van der Waals surface area contributed by atoms with Gasteiger partial charge < -0.3 is 10.1 Å². The second kappa shape index (κ2) is 10.4. The van der Waals surface area contributed by atoms with Crippen molar-refractivity contribution >= 4 is 35.4 Å². The molecule has 0 atom stereocenters. The monoisotopic (exact) mass is 446 g/mol. The van der Waals surface area contributed by atoms with E-state index in [4.69, 9.17) is 4.74 Å². The highest BCUT2D eigenvalue weighted by molar-refractivity contribution is 6.39. The lowest BCUT2D eigenvalue weighted by Crippen LogP contribution is -2.32. The number of aryl methyl sites for hydroxylation is 1. The van der Waals surface area contributed by atoms with Crippen LogP contribution < -0.4 is 15.5 Å². The fraction of sp³-hybridized carbons (Fsp3) is 0.0435. The quantitative estimate of drug-likeness (QED) is 0.149. The van der Waals surface area contributed by atoms with Crippen molar-refractivity contribution < 1.29 is 24.0 Å². The summed E-state index contributed by atoms with van der Waals surface area (Å²) in [6.45, 7) is 1.89. The fourth-order valence-electron chi connectivity index (χ4n) is 2.68. The number of hydrazone groups is 1. The van der Waals surface area contributed by atoms with Crippen LogP contribution in [0.3, 0.4) is 0 Å². The molecule has 2 N–H and O–H groups in total. The Bertz CT molecular complexity index is 1240. The highest BCUT2D eigenvalue weighted by Crippen LogP contribution is 2.22. The van der Waals surface area contributed by atoms with Crippen LogP contribution in [0, 0.1) is 17.0 Å². The number of nitro groups is 1. The summed E-state index contributed by atoms with van der Waals surface area (Å²) in [5, 5.41) is 17.3. The minimum absolute atomic E-state index is 0.0581. The van der Waals surface area contributed by atoms with Crippen molar-refractivity contribution in [2.45, 2.75) is 6.92 Å². The molecule has 0 saturated carbocycles. The highest BCUT2D eigenvalue weighted by Gasteiger charge is 2.21. The molecule has 0 aliphatic rings. The second-order valence-electron chi connectivity index (χ2n) is 6.72. The van der Waals surface area contributed by atoms with E-state index >= 15 is 0 Å². The molecule has 0 aliphatic heterocycles. The average Bonchev–Trinajstić information content (AvgIpc) is 2.81. The van der Waals surface area contributed by atoms with Gasteiger partial charge in [0.25, 0.3) is 5.69 Å². The molecule has 0 unspecified atom stereocenters. The van der Waals surface area contributed by atoms with Crippen molar-refractivity contribution in [1.29, 1.82) is 0 Å². The first-order valence-corrected chi connectivity index (χ1v) is 9.61. The first-order valence-electron chi connectivity index (χ1n) is 9.61. The summed E-state index contributed by atoms with van der Waals surface area (Å²) in [5.41, 5.74) is 3.24. The first-order chi connectivity index (χ1) is 15.8. The maximum atomic E-state index is 12.5. The van der Waals surface area contributed by atoms with Gasteiger partial charge in [0.15, 0.2) is 0 Å². The second-order valence-corrected chi connectivity index (χ2v) is 6.72. The normalized spacial score (nSPS) is 10.5. The van der Waals surface area contributed by atoms with E-state index in [1.54, 1.807) is 42.5 Å². The molecule has 10 heteroatoms. The van der Waals surface area contributed by atoms with Gasteiger partial charge >= 0.3 is 17.8 Å². The lowest BCUT2D eigenvalue weighted by molar-refractivity contribution is -0.385. The summed E-state index contributed by atoms with van der Waals surface area (Å²) in [5.74, 6) is -2.78. The van der Waals surface area contributed by atoms with E-state index in [1.807, 2.05) is 6.92 Å². The molecule has 0 radical (unpaired) electrons. The van der Waals surface area contributed by atoms with E-state index < -0.39 is 22.7 Å². The largest absolute Gasteiger partial charge is 0.422 e. The number of hydrogen-bond acceptors (Lipinski definition) is 7. The van der Waals surface area contributed by atoms with Gasteiger partial charge in [0.1, 0.15) is 11.3 Å². The lowest BCUT2D eigenvalue weighted by Gasteiger charge is -2.07. The van der Waals surface area contributed by atoms with Crippen LogP contribution in [0.15, 0.2) is 77.9 Å². The first kappa shape index (κ1) is 22.8.